The molecule has 0 aromatic heterocycles. The smallest absolute Gasteiger partial charge is 0.0588 e. The molecule has 1 fully saturated rings. The molecule has 1 saturated heterocycles. The summed E-state index contributed by atoms with van der Waals surface area (Å²) in [6.07, 6.45) is 5.32. The number of benzene rings is 1. The minimum absolute atomic E-state index is 0.501. The van der Waals surface area contributed by atoms with Crippen molar-refractivity contribution in [1.29, 1.82) is 0 Å². The molecule has 3 rings (SSSR count). The van der Waals surface area contributed by atoms with Crippen LogP contribution in [0, 0.1) is 0 Å². The number of fused-ring (bicyclic) bond motifs is 1. The van der Waals surface area contributed by atoms with E-state index in [1.807, 2.05) is 0 Å². The molecule has 104 valence electrons. The van der Waals surface area contributed by atoms with Crippen LogP contribution in [-0.2, 0) is 17.7 Å². The largest absolute Gasteiger partial charge is 0.378 e. The van der Waals surface area contributed by atoms with E-state index in [0.717, 1.165) is 32.7 Å². The monoisotopic (exact) mass is 260 g/mol. The SMILES string of the molecule is CN1CCc2cc(CNCCC3CCCO3)ccc21. The Labute approximate surface area is 115 Å². The average molecular weight is 260 g/mol. The third-order valence-electron chi connectivity index (χ3n) is 4.27. The van der Waals surface area contributed by atoms with Crippen LogP contribution in [0.5, 0.6) is 0 Å². The number of hydrogen-bond donors (Lipinski definition) is 1. The minimum Gasteiger partial charge on any atom is -0.378 e. The zero-order valence-corrected chi connectivity index (χ0v) is 11.8. The van der Waals surface area contributed by atoms with Gasteiger partial charge in [0, 0.05) is 32.4 Å². The molecular weight excluding hydrogens is 236 g/mol. The highest BCUT2D eigenvalue weighted by molar-refractivity contribution is 5.58. The van der Waals surface area contributed by atoms with Crippen LogP contribution in [0.25, 0.3) is 0 Å². The number of nitrogens with zero attached hydrogens (tertiary/aromatic N) is 1. The lowest BCUT2D eigenvalue weighted by molar-refractivity contribution is 0.104. The molecule has 0 bridgehead atoms. The van der Waals surface area contributed by atoms with Gasteiger partial charge in [0.2, 0.25) is 0 Å². The number of anilines is 1. The number of likely N-dealkylation sites (N-methyl/N-ethyl adjacent to an activating group) is 1. The summed E-state index contributed by atoms with van der Waals surface area (Å²) in [5.74, 6) is 0. The van der Waals surface area contributed by atoms with Gasteiger partial charge in [-0.1, -0.05) is 12.1 Å². The lowest BCUT2D eigenvalue weighted by atomic mass is 10.1. The Bertz CT molecular complexity index is 427. The van der Waals surface area contributed by atoms with Crippen LogP contribution in [0.2, 0.25) is 0 Å². The predicted octanol–water partition coefficient (Wildman–Crippen LogP) is 2.34. The molecule has 0 spiro atoms. The Morgan fingerprint density at radius 1 is 1.42 bits per heavy atom. The summed E-state index contributed by atoms with van der Waals surface area (Å²) in [5, 5.41) is 3.54. The van der Waals surface area contributed by atoms with E-state index in [-0.39, 0.29) is 0 Å². The molecule has 1 atom stereocenters. The summed E-state index contributed by atoms with van der Waals surface area (Å²) in [6.45, 7) is 4.15. The summed E-state index contributed by atoms with van der Waals surface area (Å²) >= 11 is 0. The van der Waals surface area contributed by atoms with Crippen molar-refractivity contribution in [3.05, 3.63) is 29.3 Å². The molecule has 0 aliphatic carbocycles. The molecule has 0 amide bonds. The van der Waals surface area contributed by atoms with E-state index >= 15 is 0 Å². The molecular formula is C16H24N2O. The first-order valence-corrected chi connectivity index (χ1v) is 7.48. The maximum absolute atomic E-state index is 5.63. The van der Waals surface area contributed by atoms with Gasteiger partial charge >= 0.3 is 0 Å². The normalized spacial score (nSPS) is 21.9. The highest BCUT2D eigenvalue weighted by Crippen LogP contribution is 2.27. The van der Waals surface area contributed by atoms with Gasteiger partial charge in [0.05, 0.1) is 6.10 Å². The standard InChI is InChI=1S/C16H24N2O/c1-18-9-7-14-11-13(4-5-16(14)18)12-17-8-6-15-3-2-10-19-15/h4-5,11,15,17H,2-3,6-10,12H2,1H3. The molecule has 0 saturated carbocycles. The van der Waals surface area contributed by atoms with Crippen molar-refractivity contribution in [2.75, 3.05) is 31.6 Å². The van der Waals surface area contributed by atoms with Crippen molar-refractivity contribution in [1.82, 2.24) is 5.32 Å². The van der Waals surface area contributed by atoms with Crippen LogP contribution < -0.4 is 10.2 Å². The number of ether oxygens (including phenoxy) is 1. The van der Waals surface area contributed by atoms with Crippen molar-refractivity contribution in [3.8, 4) is 0 Å². The predicted molar refractivity (Wildman–Crippen MR) is 78.7 cm³/mol. The van der Waals surface area contributed by atoms with Gasteiger partial charge in [0.1, 0.15) is 0 Å². The molecule has 1 aromatic rings. The molecule has 1 aromatic carbocycles. The highest BCUT2D eigenvalue weighted by Gasteiger charge is 2.16. The van der Waals surface area contributed by atoms with Crippen molar-refractivity contribution < 1.29 is 4.74 Å². The summed E-state index contributed by atoms with van der Waals surface area (Å²) in [6, 6.07) is 6.87. The molecule has 19 heavy (non-hydrogen) atoms. The highest BCUT2D eigenvalue weighted by atomic mass is 16.5. The molecule has 1 N–H and O–H groups in total. The average Bonchev–Trinajstić information content (AvgIpc) is 3.05. The third-order valence-corrected chi connectivity index (χ3v) is 4.27. The molecule has 0 radical (unpaired) electrons. The van der Waals surface area contributed by atoms with Crippen LogP contribution >= 0.6 is 0 Å². The first-order valence-electron chi connectivity index (χ1n) is 7.48. The van der Waals surface area contributed by atoms with Gasteiger partial charge in [-0.15, -0.1) is 0 Å². The van der Waals surface area contributed by atoms with E-state index in [4.69, 9.17) is 4.74 Å². The van der Waals surface area contributed by atoms with E-state index in [1.165, 1.54) is 36.1 Å². The van der Waals surface area contributed by atoms with Crippen LogP contribution in [-0.4, -0.2) is 32.8 Å². The minimum atomic E-state index is 0.501. The molecule has 2 aliphatic heterocycles. The van der Waals surface area contributed by atoms with Crippen LogP contribution in [0.1, 0.15) is 30.4 Å². The molecule has 2 heterocycles. The summed E-state index contributed by atoms with van der Waals surface area (Å²) in [4.78, 5) is 2.34. The fourth-order valence-corrected chi connectivity index (χ4v) is 3.10. The van der Waals surface area contributed by atoms with Crippen LogP contribution in [0.15, 0.2) is 18.2 Å². The van der Waals surface area contributed by atoms with Gasteiger partial charge in [-0.05, 0) is 49.4 Å². The lowest BCUT2D eigenvalue weighted by Gasteiger charge is -2.13. The number of rotatable bonds is 5. The molecule has 3 nitrogen and oxygen atoms in total. The second-order valence-electron chi connectivity index (χ2n) is 5.74. The fourth-order valence-electron chi connectivity index (χ4n) is 3.10. The second kappa shape index (κ2) is 5.93. The van der Waals surface area contributed by atoms with E-state index in [0.29, 0.717) is 6.10 Å². The Morgan fingerprint density at radius 2 is 2.37 bits per heavy atom. The van der Waals surface area contributed by atoms with Crippen LogP contribution in [0.3, 0.4) is 0 Å². The van der Waals surface area contributed by atoms with E-state index in [2.05, 4.69) is 35.5 Å². The van der Waals surface area contributed by atoms with Gasteiger partial charge in [0.15, 0.2) is 0 Å². The number of nitrogens with one attached hydrogen (secondary N) is 1. The van der Waals surface area contributed by atoms with Crippen molar-refractivity contribution in [3.63, 3.8) is 0 Å². The van der Waals surface area contributed by atoms with E-state index < -0.39 is 0 Å². The Morgan fingerprint density at radius 3 is 3.21 bits per heavy atom. The molecule has 3 heteroatoms. The van der Waals surface area contributed by atoms with Crippen molar-refractivity contribution in [2.24, 2.45) is 0 Å². The van der Waals surface area contributed by atoms with Gasteiger partial charge in [-0.25, -0.2) is 0 Å². The zero-order valence-electron chi connectivity index (χ0n) is 11.8. The maximum atomic E-state index is 5.63. The maximum Gasteiger partial charge on any atom is 0.0588 e. The summed E-state index contributed by atoms with van der Waals surface area (Å²) in [7, 11) is 2.17. The summed E-state index contributed by atoms with van der Waals surface area (Å²) in [5.41, 5.74) is 4.31. The number of hydrogen-bond acceptors (Lipinski definition) is 3. The van der Waals surface area contributed by atoms with E-state index in [9.17, 15) is 0 Å². The molecule has 2 aliphatic rings. The fraction of sp³-hybridized carbons (Fsp3) is 0.625. The van der Waals surface area contributed by atoms with Gasteiger partial charge in [-0.2, -0.15) is 0 Å². The topological polar surface area (TPSA) is 24.5 Å². The second-order valence-corrected chi connectivity index (χ2v) is 5.74. The first-order chi connectivity index (χ1) is 9.33. The first kappa shape index (κ1) is 12.9. The lowest BCUT2D eigenvalue weighted by Crippen LogP contribution is -2.19. The van der Waals surface area contributed by atoms with Crippen molar-refractivity contribution >= 4 is 5.69 Å². The molecule has 1 unspecified atom stereocenters. The quantitative estimate of drug-likeness (QED) is 0.822. The van der Waals surface area contributed by atoms with Gasteiger partial charge in [0.25, 0.3) is 0 Å². The van der Waals surface area contributed by atoms with Crippen molar-refractivity contribution in [2.45, 2.75) is 38.3 Å². The van der Waals surface area contributed by atoms with E-state index in [1.54, 1.807) is 0 Å². The van der Waals surface area contributed by atoms with Gasteiger partial charge < -0.3 is 15.0 Å². The van der Waals surface area contributed by atoms with Gasteiger partial charge in [-0.3, -0.25) is 0 Å². The summed E-state index contributed by atoms with van der Waals surface area (Å²) < 4.78 is 5.63. The third kappa shape index (κ3) is 3.10. The Kier molecular flexibility index (Phi) is 4.04. The zero-order chi connectivity index (χ0) is 13.1. The Balaban J connectivity index is 1.45. The Hall–Kier alpha value is -1.06. The van der Waals surface area contributed by atoms with Crippen LogP contribution in [0.4, 0.5) is 5.69 Å².